The molecule has 1 unspecified atom stereocenters. The third kappa shape index (κ3) is 67.8. The first-order valence-corrected chi connectivity index (χ1v) is 35.8. The lowest BCUT2D eigenvalue weighted by molar-refractivity contribution is -0.167. The average Bonchev–Trinajstić information content (AvgIpc) is 3.46. The van der Waals surface area contributed by atoms with Crippen molar-refractivity contribution >= 4 is 17.9 Å². The number of carbonyl (C=O) groups is 3. The maximum atomic E-state index is 12.9. The molecule has 0 aromatic carbocycles. The summed E-state index contributed by atoms with van der Waals surface area (Å²) in [4.78, 5) is 38.3. The van der Waals surface area contributed by atoms with E-state index in [0.717, 1.165) is 109 Å². The monoisotopic (exact) mass is 1130 g/mol. The van der Waals surface area contributed by atoms with E-state index in [1.807, 2.05) is 0 Å². The van der Waals surface area contributed by atoms with Crippen molar-refractivity contribution in [3.05, 3.63) is 60.8 Å². The Balaban J connectivity index is 4.11. The normalized spacial score (nSPS) is 12.4. The fourth-order valence-electron chi connectivity index (χ4n) is 10.7. The van der Waals surface area contributed by atoms with Gasteiger partial charge < -0.3 is 14.2 Å². The Labute approximate surface area is 504 Å². The number of unbranched alkanes of at least 4 members (excludes halogenated alkanes) is 45. The number of rotatable bonds is 66. The molecule has 0 spiro atoms. The molecule has 0 saturated heterocycles. The van der Waals surface area contributed by atoms with Crippen LogP contribution in [0.15, 0.2) is 60.8 Å². The van der Waals surface area contributed by atoms with Crippen molar-refractivity contribution in [2.45, 2.75) is 386 Å². The molecule has 0 aliphatic carbocycles. The van der Waals surface area contributed by atoms with E-state index in [1.165, 1.54) is 231 Å². The summed E-state index contributed by atoms with van der Waals surface area (Å²) < 4.78 is 16.9. The Morgan fingerprint density at radius 2 is 0.506 bits per heavy atom. The van der Waals surface area contributed by atoms with Gasteiger partial charge in [-0.1, -0.05) is 345 Å². The third-order valence-corrected chi connectivity index (χ3v) is 16.0. The molecule has 0 radical (unpaired) electrons. The highest BCUT2D eigenvalue weighted by Crippen LogP contribution is 2.19. The van der Waals surface area contributed by atoms with Crippen molar-refractivity contribution in [3.8, 4) is 0 Å². The first-order valence-electron chi connectivity index (χ1n) is 35.8. The van der Waals surface area contributed by atoms with Crippen LogP contribution in [0.3, 0.4) is 0 Å². The van der Waals surface area contributed by atoms with Gasteiger partial charge in [0.2, 0.25) is 0 Å². The molecule has 0 heterocycles. The smallest absolute Gasteiger partial charge is 0.306 e. The molecule has 472 valence electrons. The van der Waals surface area contributed by atoms with Crippen LogP contribution in [0, 0.1) is 0 Å². The van der Waals surface area contributed by atoms with E-state index in [4.69, 9.17) is 14.2 Å². The highest BCUT2D eigenvalue weighted by molar-refractivity contribution is 5.71. The van der Waals surface area contributed by atoms with Crippen molar-refractivity contribution in [1.29, 1.82) is 0 Å². The number of hydrogen-bond donors (Lipinski definition) is 0. The SMILES string of the molecule is CC/C=C\C/C=C\C/C=C\CCCCCCCCCC(=O)OC(COC(=O)CCCCCCC/C=C\C/C=C\CCC)COC(=O)CCCCCCCCCCCCCCCCCCCCCCCCCCCCCCCCCCC. The molecule has 0 fully saturated rings. The zero-order valence-corrected chi connectivity index (χ0v) is 54.3. The molecule has 6 heteroatoms. The molecular formula is C75H136O6. The molecule has 81 heavy (non-hydrogen) atoms. The lowest BCUT2D eigenvalue weighted by atomic mass is 10.0. The summed E-state index contributed by atoms with van der Waals surface area (Å²) in [5, 5.41) is 0. The second-order valence-electron chi connectivity index (χ2n) is 24.1. The molecule has 0 rings (SSSR count). The second-order valence-corrected chi connectivity index (χ2v) is 24.1. The van der Waals surface area contributed by atoms with Crippen LogP contribution in [0.2, 0.25) is 0 Å². The maximum Gasteiger partial charge on any atom is 0.306 e. The highest BCUT2D eigenvalue weighted by Gasteiger charge is 2.19. The molecular weight excluding hydrogens is 997 g/mol. The van der Waals surface area contributed by atoms with E-state index in [2.05, 4.69) is 81.5 Å². The van der Waals surface area contributed by atoms with E-state index in [0.29, 0.717) is 19.3 Å². The zero-order chi connectivity index (χ0) is 58.5. The number of carbonyl (C=O) groups excluding carboxylic acids is 3. The van der Waals surface area contributed by atoms with Gasteiger partial charge >= 0.3 is 17.9 Å². The quantitative estimate of drug-likeness (QED) is 0.0261. The Morgan fingerprint density at radius 1 is 0.259 bits per heavy atom. The molecule has 0 aromatic heterocycles. The van der Waals surface area contributed by atoms with Gasteiger partial charge in [-0.15, -0.1) is 0 Å². The molecule has 0 aliphatic heterocycles. The van der Waals surface area contributed by atoms with Gasteiger partial charge in [0.05, 0.1) is 0 Å². The Bertz CT molecular complexity index is 1440. The summed E-state index contributed by atoms with van der Waals surface area (Å²) in [6, 6.07) is 0. The van der Waals surface area contributed by atoms with E-state index >= 15 is 0 Å². The first-order chi connectivity index (χ1) is 40.0. The van der Waals surface area contributed by atoms with Crippen LogP contribution >= 0.6 is 0 Å². The van der Waals surface area contributed by atoms with Gasteiger partial charge in [-0.25, -0.2) is 0 Å². The van der Waals surface area contributed by atoms with Gasteiger partial charge in [-0.05, 0) is 77.0 Å². The van der Waals surface area contributed by atoms with Crippen molar-refractivity contribution in [1.82, 2.24) is 0 Å². The lowest BCUT2D eigenvalue weighted by Gasteiger charge is -2.18. The molecule has 6 nitrogen and oxygen atoms in total. The van der Waals surface area contributed by atoms with Crippen LogP contribution in [-0.4, -0.2) is 37.2 Å². The minimum Gasteiger partial charge on any atom is -0.462 e. The predicted molar refractivity (Wildman–Crippen MR) is 353 cm³/mol. The molecule has 0 N–H and O–H groups in total. The van der Waals surface area contributed by atoms with Gasteiger partial charge in [0.15, 0.2) is 6.10 Å². The fourth-order valence-corrected chi connectivity index (χ4v) is 10.7. The summed E-state index contributed by atoms with van der Waals surface area (Å²) in [5.41, 5.74) is 0. The molecule has 0 aliphatic rings. The minimum atomic E-state index is -0.785. The van der Waals surface area contributed by atoms with Crippen molar-refractivity contribution in [2.75, 3.05) is 13.2 Å². The van der Waals surface area contributed by atoms with Crippen LogP contribution in [0.1, 0.15) is 380 Å². The topological polar surface area (TPSA) is 78.9 Å². The summed E-state index contributed by atoms with van der Waals surface area (Å²) in [6.45, 7) is 6.50. The molecule has 0 aromatic rings. The highest BCUT2D eigenvalue weighted by atomic mass is 16.6. The maximum absolute atomic E-state index is 12.9. The van der Waals surface area contributed by atoms with Crippen LogP contribution in [0.4, 0.5) is 0 Å². The van der Waals surface area contributed by atoms with Crippen molar-refractivity contribution in [3.63, 3.8) is 0 Å². The first kappa shape index (κ1) is 78.1. The van der Waals surface area contributed by atoms with E-state index in [1.54, 1.807) is 0 Å². The Morgan fingerprint density at radius 3 is 0.802 bits per heavy atom. The fraction of sp³-hybridized carbons (Fsp3) is 0.827. The lowest BCUT2D eigenvalue weighted by Crippen LogP contribution is -2.30. The van der Waals surface area contributed by atoms with E-state index < -0.39 is 6.10 Å². The van der Waals surface area contributed by atoms with Gasteiger partial charge in [0.1, 0.15) is 13.2 Å². The standard InChI is InChI=1S/C75H136O6/c1-4-7-10-13-16-19-22-25-27-29-30-31-32-33-34-35-36-37-38-39-40-41-42-43-44-46-47-50-53-56-59-62-65-68-74(77)80-71-72(70-79-73(76)67-64-61-58-55-52-49-24-21-18-15-12-9-6-3)81-75(78)69-66-63-60-57-54-51-48-45-28-26-23-20-17-14-11-8-5-2/h8,11-12,15,17,20-21,24,26,28,72H,4-7,9-10,13-14,16,18-19,22-23,25,27,29-71H2,1-3H3/b11-8-,15-12-,20-17-,24-21-,28-26-. The Kier molecular flexibility index (Phi) is 67.1. The largest absolute Gasteiger partial charge is 0.462 e. The molecule has 0 saturated carbocycles. The number of allylic oxidation sites excluding steroid dienone is 10. The van der Waals surface area contributed by atoms with Gasteiger partial charge in [-0.3, -0.25) is 14.4 Å². The molecule has 0 bridgehead atoms. The summed E-state index contributed by atoms with van der Waals surface area (Å²) >= 11 is 0. The summed E-state index contributed by atoms with van der Waals surface area (Å²) in [6.07, 6.45) is 89.9. The Hall–Kier alpha value is -2.89. The number of esters is 3. The summed E-state index contributed by atoms with van der Waals surface area (Å²) in [5.74, 6) is -0.885. The van der Waals surface area contributed by atoms with Crippen LogP contribution < -0.4 is 0 Å². The van der Waals surface area contributed by atoms with Crippen molar-refractivity contribution in [2.24, 2.45) is 0 Å². The van der Waals surface area contributed by atoms with Crippen LogP contribution in [0.25, 0.3) is 0 Å². The molecule has 1 atom stereocenters. The van der Waals surface area contributed by atoms with Gasteiger partial charge in [0, 0.05) is 19.3 Å². The van der Waals surface area contributed by atoms with E-state index in [9.17, 15) is 14.4 Å². The molecule has 0 amide bonds. The average molecular weight is 1130 g/mol. The number of hydrogen-bond acceptors (Lipinski definition) is 6. The minimum absolute atomic E-state index is 0.0798. The number of ether oxygens (including phenoxy) is 3. The zero-order valence-electron chi connectivity index (χ0n) is 54.3. The van der Waals surface area contributed by atoms with Crippen LogP contribution in [-0.2, 0) is 28.6 Å². The summed E-state index contributed by atoms with van der Waals surface area (Å²) in [7, 11) is 0. The van der Waals surface area contributed by atoms with Crippen molar-refractivity contribution < 1.29 is 28.6 Å². The third-order valence-electron chi connectivity index (χ3n) is 16.0. The van der Waals surface area contributed by atoms with Crippen LogP contribution in [0.5, 0.6) is 0 Å². The van der Waals surface area contributed by atoms with Gasteiger partial charge in [0.25, 0.3) is 0 Å². The predicted octanol–water partition coefficient (Wildman–Crippen LogP) is 24.7. The van der Waals surface area contributed by atoms with Gasteiger partial charge in [-0.2, -0.15) is 0 Å². The van der Waals surface area contributed by atoms with E-state index in [-0.39, 0.29) is 31.1 Å². The second kappa shape index (κ2) is 69.6.